The smallest absolute Gasteiger partial charge is 0.335 e. The summed E-state index contributed by atoms with van der Waals surface area (Å²) in [6, 6.07) is 0. The summed E-state index contributed by atoms with van der Waals surface area (Å²) < 4.78 is 10.4. The molecule has 0 radical (unpaired) electrons. The zero-order valence-corrected chi connectivity index (χ0v) is 12.7. The van der Waals surface area contributed by atoms with Crippen molar-refractivity contribution in [1.82, 2.24) is 0 Å². The molecule has 0 aliphatic rings. The number of hydrogen-bond donors (Lipinski definition) is 1. The molecule has 1 N–H and O–H groups in total. The van der Waals surface area contributed by atoms with Crippen LogP contribution in [0.5, 0.6) is 0 Å². The quantitative estimate of drug-likeness (QED) is 0.521. The first-order valence-electron chi connectivity index (χ1n) is 7.50. The molecule has 0 aliphatic heterocycles. The van der Waals surface area contributed by atoms with E-state index in [-0.39, 0.29) is 0 Å². The van der Waals surface area contributed by atoms with Gasteiger partial charge in [-0.05, 0) is 13.3 Å². The summed E-state index contributed by atoms with van der Waals surface area (Å²) in [6.07, 6.45) is 8.73. The molecule has 0 amide bonds. The van der Waals surface area contributed by atoms with Crippen LogP contribution in [0.25, 0.3) is 0 Å². The van der Waals surface area contributed by atoms with Gasteiger partial charge in [0.1, 0.15) is 0 Å². The Morgan fingerprint density at radius 3 is 2.05 bits per heavy atom. The predicted octanol–water partition coefficient (Wildman–Crippen LogP) is 3.63. The van der Waals surface area contributed by atoms with E-state index in [0.717, 1.165) is 12.8 Å². The van der Waals surface area contributed by atoms with Gasteiger partial charge < -0.3 is 14.6 Å². The van der Waals surface area contributed by atoms with Gasteiger partial charge in [-0.2, -0.15) is 0 Å². The lowest BCUT2D eigenvalue weighted by molar-refractivity contribution is -0.157. The molecule has 0 saturated heterocycles. The van der Waals surface area contributed by atoms with E-state index in [0.29, 0.717) is 6.61 Å². The Kier molecular flexibility index (Phi) is 12.0. The molecule has 0 aromatic rings. The monoisotopic (exact) mass is 274 g/mol. The highest BCUT2D eigenvalue weighted by atomic mass is 16.5. The lowest BCUT2D eigenvalue weighted by atomic mass is 10.1. The third-order valence-electron chi connectivity index (χ3n) is 3.30. The fraction of sp³-hybridized carbons (Fsp3) is 0.933. The van der Waals surface area contributed by atoms with Gasteiger partial charge >= 0.3 is 5.97 Å². The van der Waals surface area contributed by atoms with Gasteiger partial charge in [-0.25, -0.2) is 4.79 Å². The second-order valence-corrected chi connectivity index (χ2v) is 5.05. The Bertz CT molecular complexity index is 218. The van der Waals surface area contributed by atoms with Crippen molar-refractivity contribution in [3.05, 3.63) is 0 Å². The van der Waals surface area contributed by atoms with Crippen LogP contribution < -0.4 is 0 Å². The minimum atomic E-state index is -0.967. The third-order valence-corrected chi connectivity index (χ3v) is 3.30. The Morgan fingerprint density at radius 2 is 1.58 bits per heavy atom. The van der Waals surface area contributed by atoms with Crippen LogP contribution in [0.15, 0.2) is 0 Å². The van der Waals surface area contributed by atoms with Crippen LogP contribution in [0.4, 0.5) is 0 Å². The number of carboxylic acid groups (broad SMARTS) is 1. The first-order valence-corrected chi connectivity index (χ1v) is 7.50. The number of hydrogen-bond acceptors (Lipinski definition) is 3. The molecule has 114 valence electrons. The van der Waals surface area contributed by atoms with Crippen molar-refractivity contribution in [1.29, 1.82) is 0 Å². The van der Waals surface area contributed by atoms with Gasteiger partial charge in [-0.15, -0.1) is 0 Å². The zero-order valence-electron chi connectivity index (χ0n) is 12.7. The molecule has 0 spiro atoms. The van der Waals surface area contributed by atoms with Gasteiger partial charge in [0.05, 0.1) is 6.10 Å². The number of carbonyl (C=O) groups is 1. The second-order valence-electron chi connectivity index (χ2n) is 5.05. The molecular formula is C15H30O4. The molecule has 0 aromatic heterocycles. The summed E-state index contributed by atoms with van der Waals surface area (Å²) in [5.41, 5.74) is 0. The van der Waals surface area contributed by atoms with Crippen LogP contribution in [-0.2, 0) is 14.3 Å². The largest absolute Gasteiger partial charge is 0.479 e. The van der Waals surface area contributed by atoms with Gasteiger partial charge in [-0.3, -0.25) is 0 Å². The topological polar surface area (TPSA) is 55.8 Å². The molecule has 0 bridgehead atoms. The van der Waals surface area contributed by atoms with Crippen molar-refractivity contribution in [2.24, 2.45) is 0 Å². The van der Waals surface area contributed by atoms with Crippen LogP contribution in [0.3, 0.4) is 0 Å². The van der Waals surface area contributed by atoms with E-state index in [1.807, 2.05) is 0 Å². The SMILES string of the molecule is CCCCCCCCCCOC(C)C(OC)C(=O)O. The molecule has 0 saturated carbocycles. The summed E-state index contributed by atoms with van der Waals surface area (Å²) in [5, 5.41) is 8.88. The van der Waals surface area contributed by atoms with Crippen LogP contribution in [0, 0.1) is 0 Å². The number of carboxylic acids is 1. The fourth-order valence-electron chi connectivity index (χ4n) is 2.09. The highest BCUT2D eigenvalue weighted by Crippen LogP contribution is 2.09. The van der Waals surface area contributed by atoms with Crippen LogP contribution in [0.2, 0.25) is 0 Å². The van der Waals surface area contributed by atoms with E-state index >= 15 is 0 Å². The van der Waals surface area contributed by atoms with E-state index in [2.05, 4.69) is 6.92 Å². The molecule has 0 rings (SSSR count). The molecule has 0 heterocycles. The molecule has 2 atom stereocenters. The van der Waals surface area contributed by atoms with E-state index < -0.39 is 18.2 Å². The number of aliphatic carboxylic acids is 1. The first kappa shape index (κ1) is 18.4. The summed E-state index contributed by atoms with van der Waals surface area (Å²) in [7, 11) is 1.40. The second kappa shape index (κ2) is 12.4. The van der Waals surface area contributed by atoms with Gasteiger partial charge in [0.2, 0.25) is 0 Å². The Morgan fingerprint density at radius 1 is 1.05 bits per heavy atom. The number of ether oxygens (including phenoxy) is 2. The van der Waals surface area contributed by atoms with E-state index in [1.165, 1.54) is 45.6 Å². The maximum atomic E-state index is 10.8. The van der Waals surface area contributed by atoms with Crippen molar-refractivity contribution >= 4 is 5.97 Å². The van der Waals surface area contributed by atoms with Gasteiger partial charge in [0.15, 0.2) is 6.10 Å². The fourth-order valence-corrected chi connectivity index (χ4v) is 2.09. The van der Waals surface area contributed by atoms with E-state index in [4.69, 9.17) is 14.6 Å². The highest BCUT2D eigenvalue weighted by Gasteiger charge is 2.24. The zero-order chi connectivity index (χ0) is 14.5. The van der Waals surface area contributed by atoms with Gasteiger partial charge in [0.25, 0.3) is 0 Å². The van der Waals surface area contributed by atoms with Crippen molar-refractivity contribution in [3.63, 3.8) is 0 Å². The van der Waals surface area contributed by atoms with Crippen molar-refractivity contribution in [2.75, 3.05) is 13.7 Å². The average molecular weight is 274 g/mol. The van der Waals surface area contributed by atoms with Gasteiger partial charge in [-0.1, -0.05) is 51.9 Å². The lowest BCUT2D eigenvalue weighted by Gasteiger charge is -2.19. The van der Waals surface area contributed by atoms with Crippen LogP contribution in [-0.4, -0.2) is 37.0 Å². The van der Waals surface area contributed by atoms with Crippen LogP contribution >= 0.6 is 0 Å². The van der Waals surface area contributed by atoms with E-state index in [9.17, 15) is 4.79 Å². The number of unbranched alkanes of at least 4 members (excludes halogenated alkanes) is 7. The standard InChI is InChI=1S/C15H30O4/c1-4-5-6-7-8-9-10-11-12-19-13(2)14(18-3)15(16)17/h13-14H,4-12H2,1-3H3,(H,16,17). The third kappa shape index (κ3) is 9.91. The molecule has 19 heavy (non-hydrogen) atoms. The van der Waals surface area contributed by atoms with Crippen molar-refractivity contribution < 1.29 is 19.4 Å². The maximum Gasteiger partial charge on any atom is 0.335 e. The summed E-state index contributed by atoms with van der Waals surface area (Å²) in [5.74, 6) is -0.967. The minimum Gasteiger partial charge on any atom is -0.479 e. The Balaban J connectivity index is 3.40. The molecule has 2 unspecified atom stereocenters. The number of rotatable bonds is 13. The first-order chi connectivity index (χ1) is 9.13. The highest BCUT2D eigenvalue weighted by molar-refractivity contribution is 5.73. The summed E-state index contributed by atoms with van der Waals surface area (Å²) in [4.78, 5) is 10.8. The number of methoxy groups -OCH3 is 1. The van der Waals surface area contributed by atoms with Crippen molar-refractivity contribution in [2.45, 2.75) is 77.4 Å². The molecule has 4 heteroatoms. The predicted molar refractivity (Wildman–Crippen MR) is 76.5 cm³/mol. The summed E-state index contributed by atoms with van der Waals surface area (Å²) >= 11 is 0. The molecular weight excluding hydrogens is 244 g/mol. The summed E-state index contributed by atoms with van der Waals surface area (Å²) in [6.45, 7) is 4.58. The van der Waals surface area contributed by atoms with Crippen molar-refractivity contribution in [3.8, 4) is 0 Å². The molecule has 0 aliphatic carbocycles. The normalized spacial score (nSPS) is 14.3. The Labute approximate surface area is 117 Å². The molecule has 4 nitrogen and oxygen atoms in total. The van der Waals surface area contributed by atoms with Gasteiger partial charge in [0, 0.05) is 13.7 Å². The minimum absolute atomic E-state index is 0.396. The Hall–Kier alpha value is -0.610. The molecule has 0 aromatic carbocycles. The lowest BCUT2D eigenvalue weighted by Crippen LogP contribution is -2.35. The van der Waals surface area contributed by atoms with E-state index in [1.54, 1.807) is 6.92 Å². The molecule has 0 fully saturated rings. The maximum absolute atomic E-state index is 10.8. The average Bonchev–Trinajstić information content (AvgIpc) is 2.37. The van der Waals surface area contributed by atoms with Crippen LogP contribution in [0.1, 0.15) is 65.2 Å².